The van der Waals surface area contributed by atoms with Gasteiger partial charge in [-0.05, 0) is 24.1 Å². The summed E-state index contributed by atoms with van der Waals surface area (Å²) >= 11 is 0. The van der Waals surface area contributed by atoms with Crippen molar-refractivity contribution in [2.75, 3.05) is 7.11 Å². The first-order valence-corrected chi connectivity index (χ1v) is 9.69. The highest BCUT2D eigenvalue weighted by molar-refractivity contribution is 6.00. The minimum absolute atomic E-state index is 0.146. The maximum Gasteiger partial charge on any atom is 0.420 e. The Morgan fingerprint density at radius 2 is 2.12 bits per heavy atom. The first kappa shape index (κ1) is 19.6. The molecule has 12 nitrogen and oxygen atoms in total. The number of nitrogens with zero attached hydrogens (tertiary/aromatic N) is 5. The van der Waals surface area contributed by atoms with Gasteiger partial charge in [0, 0.05) is 12.5 Å². The van der Waals surface area contributed by atoms with Gasteiger partial charge in [-0.25, -0.2) is 4.79 Å². The van der Waals surface area contributed by atoms with Crippen LogP contribution in [0.4, 0.5) is 0 Å². The van der Waals surface area contributed by atoms with Crippen molar-refractivity contribution < 1.29 is 23.3 Å². The van der Waals surface area contributed by atoms with Gasteiger partial charge in [0.1, 0.15) is 17.5 Å². The highest BCUT2D eigenvalue weighted by Gasteiger charge is 2.31. The number of benzene rings is 1. The Morgan fingerprint density at radius 1 is 1.25 bits per heavy atom. The van der Waals surface area contributed by atoms with Crippen LogP contribution in [0.25, 0.3) is 22.6 Å². The monoisotopic (exact) mass is 436 g/mol. The maximum absolute atomic E-state index is 12.4. The number of amides is 2. The lowest BCUT2D eigenvalue weighted by Crippen LogP contribution is -2.43. The van der Waals surface area contributed by atoms with Crippen molar-refractivity contribution in [2.24, 2.45) is 0 Å². The smallest absolute Gasteiger partial charge is 0.420 e. The summed E-state index contributed by atoms with van der Waals surface area (Å²) in [4.78, 5) is 40.5. The van der Waals surface area contributed by atoms with E-state index in [0.717, 1.165) is 5.56 Å². The Bertz CT molecular complexity index is 1400. The van der Waals surface area contributed by atoms with Crippen LogP contribution in [0.15, 0.2) is 44.2 Å². The molecule has 1 atom stereocenters. The van der Waals surface area contributed by atoms with E-state index in [4.69, 9.17) is 13.7 Å². The van der Waals surface area contributed by atoms with E-state index in [-0.39, 0.29) is 31.0 Å². The van der Waals surface area contributed by atoms with E-state index >= 15 is 0 Å². The molecular formula is C20H16N6O6. The Labute approximate surface area is 179 Å². The summed E-state index contributed by atoms with van der Waals surface area (Å²) in [6, 6.07) is 5.93. The van der Waals surface area contributed by atoms with Gasteiger partial charge < -0.3 is 13.7 Å². The molecule has 1 unspecified atom stereocenters. The fourth-order valence-corrected chi connectivity index (χ4v) is 3.59. The molecule has 2 amide bonds. The number of imide groups is 1. The van der Waals surface area contributed by atoms with Gasteiger partial charge in [0.15, 0.2) is 5.58 Å². The van der Waals surface area contributed by atoms with Gasteiger partial charge in [-0.3, -0.25) is 19.5 Å². The number of hydrogen-bond acceptors (Lipinski definition) is 10. The van der Waals surface area contributed by atoms with E-state index < -0.39 is 17.7 Å². The van der Waals surface area contributed by atoms with Crippen molar-refractivity contribution in [1.29, 1.82) is 0 Å². The van der Waals surface area contributed by atoms with Crippen LogP contribution < -0.4 is 15.8 Å². The minimum Gasteiger partial charge on any atom is -0.495 e. The number of carbonyl (C=O) groups excluding carboxylic acids is 2. The Hall–Kier alpha value is -4.35. The lowest BCUT2D eigenvalue weighted by Gasteiger charge is -2.21. The molecule has 4 heterocycles. The molecule has 0 radical (unpaired) electrons. The largest absolute Gasteiger partial charge is 0.495 e. The van der Waals surface area contributed by atoms with E-state index in [1.165, 1.54) is 17.9 Å². The molecule has 0 spiro atoms. The van der Waals surface area contributed by atoms with E-state index in [9.17, 15) is 14.4 Å². The Kier molecular flexibility index (Phi) is 4.73. The Balaban J connectivity index is 1.45. The zero-order valence-electron chi connectivity index (χ0n) is 16.8. The molecule has 1 fully saturated rings. The summed E-state index contributed by atoms with van der Waals surface area (Å²) in [6.07, 6.45) is 2.10. The average molecular weight is 436 g/mol. The molecule has 0 bridgehead atoms. The summed E-state index contributed by atoms with van der Waals surface area (Å²) in [5.74, 6) is -0.460. The first-order chi connectivity index (χ1) is 15.5. The number of carbonyl (C=O) groups is 2. The van der Waals surface area contributed by atoms with Crippen LogP contribution in [0, 0.1) is 0 Å². The van der Waals surface area contributed by atoms with E-state index in [1.54, 1.807) is 24.3 Å². The maximum atomic E-state index is 12.4. The highest BCUT2D eigenvalue weighted by atomic mass is 16.5. The molecule has 0 aliphatic carbocycles. The summed E-state index contributed by atoms with van der Waals surface area (Å²) in [5.41, 5.74) is 1.93. The third kappa shape index (κ3) is 3.51. The zero-order chi connectivity index (χ0) is 22.2. The van der Waals surface area contributed by atoms with Crippen LogP contribution in [-0.4, -0.2) is 43.8 Å². The summed E-state index contributed by atoms with van der Waals surface area (Å²) in [5, 5.41) is 14.0. The molecule has 1 saturated heterocycles. The normalized spacial score (nSPS) is 16.3. The van der Waals surface area contributed by atoms with Gasteiger partial charge in [-0.2, -0.15) is 10.1 Å². The lowest BCUT2D eigenvalue weighted by atomic mass is 10.1. The molecule has 1 aliphatic rings. The van der Waals surface area contributed by atoms with Crippen LogP contribution in [0.2, 0.25) is 0 Å². The second-order valence-corrected chi connectivity index (χ2v) is 7.18. The van der Waals surface area contributed by atoms with E-state index in [2.05, 4.69) is 25.7 Å². The van der Waals surface area contributed by atoms with Crippen LogP contribution in [0.3, 0.4) is 0 Å². The summed E-state index contributed by atoms with van der Waals surface area (Å²) in [7, 11) is 1.52. The molecule has 1 aromatic carbocycles. The quantitative estimate of drug-likeness (QED) is 0.448. The number of aromatic nitrogens is 5. The van der Waals surface area contributed by atoms with Crippen LogP contribution in [-0.2, 0) is 16.0 Å². The van der Waals surface area contributed by atoms with Gasteiger partial charge in [-0.1, -0.05) is 11.2 Å². The summed E-state index contributed by atoms with van der Waals surface area (Å²) < 4.78 is 17.0. The number of methoxy groups -OCH3 is 1. The fourth-order valence-electron chi connectivity index (χ4n) is 3.59. The van der Waals surface area contributed by atoms with Crippen LogP contribution >= 0.6 is 0 Å². The van der Waals surface area contributed by atoms with Gasteiger partial charge >= 0.3 is 5.76 Å². The minimum atomic E-state index is -0.821. The van der Waals surface area contributed by atoms with Crippen molar-refractivity contribution in [3.8, 4) is 17.3 Å². The molecule has 32 heavy (non-hydrogen) atoms. The van der Waals surface area contributed by atoms with Crippen molar-refractivity contribution in [2.45, 2.75) is 25.3 Å². The SMILES string of the molecule is COc1cnnc(-c2noc(Cc3ccc4oc(=O)n(C5CCC(=O)NC5=O)c4c3)n2)c1. The first-order valence-electron chi connectivity index (χ1n) is 9.69. The summed E-state index contributed by atoms with van der Waals surface area (Å²) in [6.45, 7) is 0. The standard InChI is InChI=1S/C20H16N6O6/c1-30-11-8-12(24-21-9-11)18-23-17(32-25-18)7-10-2-4-15-14(6-10)26(20(29)31-15)13-3-5-16(27)22-19(13)28/h2,4,6,8-9,13H,3,5,7H2,1H3,(H,22,27,28). The number of oxazole rings is 1. The molecule has 0 saturated carbocycles. The van der Waals surface area contributed by atoms with Gasteiger partial charge in [-0.15, -0.1) is 5.10 Å². The molecular weight excluding hydrogens is 420 g/mol. The van der Waals surface area contributed by atoms with Gasteiger partial charge in [0.25, 0.3) is 0 Å². The molecule has 3 aromatic heterocycles. The number of ether oxygens (including phenoxy) is 1. The zero-order valence-corrected chi connectivity index (χ0v) is 16.8. The second-order valence-electron chi connectivity index (χ2n) is 7.18. The van der Waals surface area contributed by atoms with Crippen molar-refractivity contribution in [3.05, 3.63) is 52.5 Å². The topological polar surface area (TPSA) is 155 Å². The average Bonchev–Trinajstić information content (AvgIpc) is 3.38. The molecule has 1 N–H and O–H groups in total. The van der Waals surface area contributed by atoms with Crippen molar-refractivity contribution in [3.63, 3.8) is 0 Å². The molecule has 4 aromatic rings. The van der Waals surface area contributed by atoms with Crippen LogP contribution in [0.5, 0.6) is 5.75 Å². The predicted octanol–water partition coefficient (Wildman–Crippen LogP) is 1.01. The number of rotatable bonds is 5. The molecule has 1 aliphatic heterocycles. The number of hydrogen-bond donors (Lipinski definition) is 1. The predicted molar refractivity (Wildman–Crippen MR) is 107 cm³/mol. The van der Waals surface area contributed by atoms with Gasteiger partial charge in [0.05, 0.1) is 25.2 Å². The van der Waals surface area contributed by atoms with Gasteiger partial charge in [0.2, 0.25) is 23.5 Å². The Morgan fingerprint density at radius 3 is 2.94 bits per heavy atom. The van der Waals surface area contributed by atoms with Crippen LogP contribution in [0.1, 0.15) is 30.3 Å². The second kappa shape index (κ2) is 7.72. The number of fused-ring (bicyclic) bond motifs is 1. The van der Waals surface area contributed by atoms with Crippen molar-refractivity contribution in [1.82, 2.24) is 30.2 Å². The molecule has 162 valence electrons. The van der Waals surface area contributed by atoms with Crippen molar-refractivity contribution >= 4 is 22.9 Å². The molecule has 5 rings (SSSR count). The van der Waals surface area contributed by atoms with E-state index in [0.29, 0.717) is 28.4 Å². The fraction of sp³-hybridized carbons (Fsp3) is 0.250. The van der Waals surface area contributed by atoms with E-state index in [1.807, 2.05) is 0 Å². The highest BCUT2D eigenvalue weighted by Crippen LogP contribution is 2.25. The number of piperidine rings is 1. The third-order valence-electron chi connectivity index (χ3n) is 5.12. The molecule has 12 heteroatoms. The number of nitrogens with one attached hydrogen (secondary N) is 1. The lowest BCUT2D eigenvalue weighted by molar-refractivity contribution is -0.135. The third-order valence-corrected chi connectivity index (χ3v) is 5.12.